The quantitative estimate of drug-likeness (QED) is 0.616. The van der Waals surface area contributed by atoms with E-state index in [1.165, 1.54) is 17.1 Å². The number of hydrogen-bond acceptors (Lipinski definition) is 5. The molecule has 1 saturated heterocycles. The number of nitrogens with zero attached hydrogens (tertiary/aromatic N) is 5. The molecule has 1 aliphatic carbocycles. The van der Waals surface area contributed by atoms with Gasteiger partial charge in [-0.2, -0.15) is 4.37 Å². The van der Waals surface area contributed by atoms with Crippen molar-refractivity contribution < 1.29 is 4.39 Å². The van der Waals surface area contributed by atoms with Crippen molar-refractivity contribution in [2.75, 3.05) is 44.7 Å². The second-order valence-electron chi connectivity index (χ2n) is 7.51. The summed E-state index contributed by atoms with van der Waals surface area (Å²) in [5.41, 5.74) is 1.33. The molecule has 1 aromatic carbocycles. The van der Waals surface area contributed by atoms with Crippen LogP contribution in [0.25, 0.3) is 0 Å². The Bertz CT molecular complexity index is 821. The average molecular weight is 403 g/mol. The summed E-state index contributed by atoms with van der Waals surface area (Å²) in [7, 11) is 1.84. The molecule has 0 unspecified atom stereocenters. The summed E-state index contributed by atoms with van der Waals surface area (Å²) in [6.07, 6.45) is 3.14. The minimum atomic E-state index is -0.178. The van der Waals surface area contributed by atoms with Gasteiger partial charge in [-0.25, -0.2) is 9.37 Å². The van der Waals surface area contributed by atoms with E-state index in [9.17, 15) is 4.39 Å². The van der Waals surface area contributed by atoms with E-state index in [0.29, 0.717) is 0 Å². The number of hydrogen-bond donors (Lipinski definition) is 1. The first-order chi connectivity index (χ1) is 13.6. The number of aryl methyl sites for hydroxylation is 1. The van der Waals surface area contributed by atoms with E-state index >= 15 is 0 Å². The normalized spacial score (nSPS) is 19.0. The molecule has 4 rings (SSSR count). The van der Waals surface area contributed by atoms with Crippen molar-refractivity contribution in [3.05, 3.63) is 41.5 Å². The second-order valence-corrected chi connectivity index (χ2v) is 8.24. The molecule has 28 heavy (non-hydrogen) atoms. The first-order valence-corrected chi connectivity index (χ1v) is 10.7. The van der Waals surface area contributed by atoms with Gasteiger partial charge >= 0.3 is 0 Å². The molecule has 1 aliphatic heterocycles. The monoisotopic (exact) mass is 402 g/mol. The summed E-state index contributed by atoms with van der Waals surface area (Å²) in [6, 6.07) is 6.94. The number of nitrogens with one attached hydrogen (secondary N) is 1. The first kappa shape index (κ1) is 19.1. The molecule has 2 fully saturated rings. The van der Waals surface area contributed by atoms with Crippen LogP contribution in [0.5, 0.6) is 0 Å². The highest BCUT2D eigenvalue weighted by atomic mass is 32.1. The molecular formula is C20H27FN6S. The Balaban J connectivity index is 1.32. The van der Waals surface area contributed by atoms with Gasteiger partial charge in [0.15, 0.2) is 5.96 Å². The van der Waals surface area contributed by atoms with Gasteiger partial charge in [0.1, 0.15) is 11.6 Å². The topological polar surface area (TPSA) is 56.7 Å². The van der Waals surface area contributed by atoms with Gasteiger partial charge in [-0.15, -0.1) is 0 Å². The largest absolute Gasteiger partial charge is 0.355 e. The van der Waals surface area contributed by atoms with Crippen LogP contribution in [-0.4, -0.2) is 60.0 Å². The van der Waals surface area contributed by atoms with Crippen molar-refractivity contribution in [2.24, 2.45) is 4.99 Å². The Morgan fingerprint density at radius 1 is 1.21 bits per heavy atom. The molecule has 0 bridgehead atoms. The maximum Gasteiger partial charge on any atom is 0.205 e. The summed E-state index contributed by atoms with van der Waals surface area (Å²) in [5.74, 6) is 1.69. The summed E-state index contributed by atoms with van der Waals surface area (Å²) in [6.45, 7) is 6.57. The van der Waals surface area contributed by atoms with E-state index in [4.69, 9.17) is 0 Å². The van der Waals surface area contributed by atoms with Crippen LogP contribution in [0, 0.1) is 5.82 Å². The predicted molar refractivity (Wildman–Crippen MR) is 112 cm³/mol. The molecule has 1 N–H and O–H groups in total. The van der Waals surface area contributed by atoms with Crippen molar-refractivity contribution >= 4 is 22.6 Å². The molecule has 150 valence electrons. The number of piperazine rings is 1. The number of guanidine groups is 1. The van der Waals surface area contributed by atoms with Gasteiger partial charge in [-0.05, 0) is 30.5 Å². The fourth-order valence-corrected chi connectivity index (χ4v) is 4.53. The van der Waals surface area contributed by atoms with Crippen molar-refractivity contribution in [3.63, 3.8) is 0 Å². The van der Waals surface area contributed by atoms with E-state index in [1.807, 2.05) is 19.2 Å². The standard InChI is InChI=1S/C20H27FN6S/c1-3-17-24-19(28-25-17)27-12-10-26(11-13-27)18(22-2)23-14-20(8-9-20)15-4-6-16(21)7-5-15/h4-7H,3,8-14H2,1-2H3,(H,22,23). The fourth-order valence-electron chi connectivity index (χ4n) is 3.73. The molecule has 2 heterocycles. The highest BCUT2D eigenvalue weighted by molar-refractivity contribution is 7.09. The zero-order chi connectivity index (χ0) is 19.6. The molecule has 0 radical (unpaired) electrons. The number of aliphatic imine (C=N–C) groups is 1. The lowest BCUT2D eigenvalue weighted by molar-refractivity contribution is 0.370. The van der Waals surface area contributed by atoms with Gasteiger partial charge in [0.2, 0.25) is 5.13 Å². The highest BCUT2D eigenvalue weighted by Crippen LogP contribution is 2.47. The summed E-state index contributed by atoms with van der Waals surface area (Å²) >= 11 is 1.49. The maximum absolute atomic E-state index is 13.2. The molecule has 8 heteroatoms. The summed E-state index contributed by atoms with van der Waals surface area (Å²) in [5, 5.41) is 4.58. The Labute approximate surface area is 169 Å². The Morgan fingerprint density at radius 3 is 2.50 bits per heavy atom. The van der Waals surface area contributed by atoms with Gasteiger partial charge in [0.05, 0.1) is 0 Å². The van der Waals surface area contributed by atoms with E-state index < -0.39 is 0 Å². The highest BCUT2D eigenvalue weighted by Gasteiger charge is 2.44. The van der Waals surface area contributed by atoms with Crippen molar-refractivity contribution in [2.45, 2.75) is 31.6 Å². The Hall–Kier alpha value is -2.22. The lowest BCUT2D eigenvalue weighted by Crippen LogP contribution is -2.53. The Kier molecular flexibility index (Phi) is 5.48. The van der Waals surface area contributed by atoms with Crippen LogP contribution in [0.15, 0.2) is 29.3 Å². The van der Waals surface area contributed by atoms with Crippen LogP contribution in [0.3, 0.4) is 0 Å². The fraction of sp³-hybridized carbons (Fsp3) is 0.550. The molecule has 0 atom stereocenters. The van der Waals surface area contributed by atoms with Crippen molar-refractivity contribution in [3.8, 4) is 0 Å². The minimum absolute atomic E-state index is 0.120. The van der Waals surface area contributed by atoms with E-state index in [2.05, 4.69) is 36.4 Å². The molecule has 0 spiro atoms. The van der Waals surface area contributed by atoms with Crippen LogP contribution in [-0.2, 0) is 11.8 Å². The van der Waals surface area contributed by atoms with Gasteiger partial charge < -0.3 is 15.1 Å². The summed E-state index contributed by atoms with van der Waals surface area (Å²) < 4.78 is 17.6. The number of rotatable bonds is 5. The third kappa shape index (κ3) is 3.97. The van der Waals surface area contributed by atoms with E-state index in [1.54, 1.807) is 12.1 Å². The lowest BCUT2D eigenvalue weighted by Gasteiger charge is -2.36. The van der Waals surface area contributed by atoms with Gasteiger partial charge in [0, 0.05) is 63.1 Å². The first-order valence-electron chi connectivity index (χ1n) is 9.93. The van der Waals surface area contributed by atoms with Crippen LogP contribution < -0.4 is 10.2 Å². The zero-order valence-corrected chi connectivity index (χ0v) is 17.3. The number of aromatic nitrogens is 2. The predicted octanol–water partition coefficient (Wildman–Crippen LogP) is 2.67. The van der Waals surface area contributed by atoms with Crippen LogP contribution in [0.2, 0.25) is 0 Å². The minimum Gasteiger partial charge on any atom is -0.355 e. The third-order valence-corrected chi connectivity index (χ3v) is 6.54. The van der Waals surface area contributed by atoms with Crippen molar-refractivity contribution in [1.29, 1.82) is 0 Å². The second kappa shape index (κ2) is 8.03. The number of halogens is 1. The van der Waals surface area contributed by atoms with Crippen LogP contribution in [0.4, 0.5) is 9.52 Å². The lowest BCUT2D eigenvalue weighted by atomic mass is 9.96. The average Bonchev–Trinajstić information content (AvgIpc) is 3.36. The molecular weight excluding hydrogens is 375 g/mol. The van der Waals surface area contributed by atoms with Crippen LogP contribution in [0.1, 0.15) is 31.2 Å². The van der Waals surface area contributed by atoms with Crippen LogP contribution >= 0.6 is 11.5 Å². The van der Waals surface area contributed by atoms with Gasteiger partial charge in [-0.3, -0.25) is 4.99 Å². The SMILES string of the molecule is CCc1nsc(N2CCN(C(=NC)NCC3(c4ccc(F)cc4)CC3)CC2)n1. The van der Waals surface area contributed by atoms with Crippen molar-refractivity contribution in [1.82, 2.24) is 19.6 Å². The molecule has 1 saturated carbocycles. The van der Waals surface area contributed by atoms with E-state index in [0.717, 1.165) is 68.9 Å². The molecule has 6 nitrogen and oxygen atoms in total. The third-order valence-electron chi connectivity index (χ3n) is 5.73. The maximum atomic E-state index is 13.2. The smallest absolute Gasteiger partial charge is 0.205 e. The van der Waals surface area contributed by atoms with E-state index in [-0.39, 0.29) is 11.2 Å². The number of anilines is 1. The van der Waals surface area contributed by atoms with Gasteiger partial charge in [-0.1, -0.05) is 19.1 Å². The van der Waals surface area contributed by atoms with Gasteiger partial charge in [0.25, 0.3) is 0 Å². The molecule has 2 aliphatic rings. The molecule has 1 aromatic heterocycles. The Morgan fingerprint density at radius 2 is 1.93 bits per heavy atom. The zero-order valence-electron chi connectivity index (χ0n) is 16.5. The molecule has 0 amide bonds. The molecule has 2 aromatic rings. The summed E-state index contributed by atoms with van der Waals surface area (Å²) in [4.78, 5) is 13.7. The number of benzene rings is 1.